The molecule has 0 atom stereocenters. The zero-order valence-electron chi connectivity index (χ0n) is 17.9. The Morgan fingerprint density at radius 3 is 2.55 bits per heavy atom. The van der Waals surface area contributed by atoms with Crippen molar-refractivity contribution in [3.8, 4) is 17.2 Å². The predicted octanol–water partition coefficient (Wildman–Crippen LogP) is 5.59. The summed E-state index contributed by atoms with van der Waals surface area (Å²) in [5.41, 5.74) is 1.09. The summed E-state index contributed by atoms with van der Waals surface area (Å²) in [7, 11) is 1.52. The molecule has 8 nitrogen and oxygen atoms in total. The number of fused-ring (bicyclic) bond motifs is 1. The first-order valence-electron chi connectivity index (χ1n) is 9.96. The van der Waals surface area contributed by atoms with Crippen molar-refractivity contribution in [1.82, 2.24) is 9.97 Å². The predicted molar refractivity (Wildman–Crippen MR) is 129 cm³/mol. The summed E-state index contributed by atoms with van der Waals surface area (Å²) in [6.45, 7) is 2.58. The van der Waals surface area contributed by atoms with E-state index < -0.39 is 5.97 Å². The van der Waals surface area contributed by atoms with E-state index in [9.17, 15) is 4.79 Å². The largest absolute Gasteiger partial charge is 0.495 e. The molecule has 176 valence electrons. The molecule has 0 amide bonds. The van der Waals surface area contributed by atoms with Gasteiger partial charge in [0.2, 0.25) is 0 Å². The van der Waals surface area contributed by atoms with Gasteiger partial charge >= 0.3 is 5.97 Å². The molecular weight excluding hydrogens is 493 g/mol. The topological polar surface area (TPSA) is 91.8 Å². The fourth-order valence-corrected chi connectivity index (χ4v) is 3.93. The lowest BCUT2D eigenvalue weighted by Crippen LogP contribution is -2.26. The summed E-state index contributed by atoms with van der Waals surface area (Å²) >= 11 is 12.5. The van der Waals surface area contributed by atoms with Crippen molar-refractivity contribution in [3.05, 3.63) is 40.6 Å². The van der Waals surface area contributed by atoms with Crippen LogP contribution in [-0.2, 0) is 9.53 Å². The Labute approximate surface area is 206 Å². The van der Waals surface area contributed by atoms with Crippen LogP contribution in [0, 0.1) is 0 Å². The van der Waals surface area contributed by atoms with E-state index in [1.165, 1.54) is 20.4 Å². The van der Waals surface area contributed by atoms with Gasteiger partial charge in [0.1, 0.15) is 35.5 Å². The third-order valence-electron chi connectivity index (χ3n) is 4.89. The number of benzene rings is 2. The van der Waals surface area contributed by atoms with E-state index in [-0.39, 0.29) is 18.5 Å². The maximum absolute atomic E-state index is 11.5. The number of aromatic nitrogens is 2. The smallest absolute Gasteiger partial charge is 0.308 e. The normalized spacial score (nSPS) is 13.8. The van der Waals surface area contributed by atoms with Gasteiger partial charge in [0.15, 0.2) is 0 Å². The second kappa shape index (κ2) is 11.1. The van der Waals surface area contributed by atoms with Gasteiger partial charge in [-0.25, -0.2) is 9.97 Å². The molecule has 0 bridgehead atoms. The molecule has 1 saturated heterocycles. The Morgan fingerprint density at radius 2 is 1.85 bits per heavy atom. The molecule has 1 aliphatic rings. The average Bonchev–Trinajstić information content (AvgIpc) is 2.76. The Kier molecular flexibility index (Phi) is 8.42. The van der Waals surface area contributed by atoms with Gasteiger partial charge in [-0.3, -0.25) is 4.79 Å². The van der Waals surface area contributed by atoms with Crippen molar-refractivity contribution in [2.45, 2.75) is 25.9 Å². The van der Waals surface area contributed by atoms with E-state index in [2.05, 4.69) is 15.3 Å². The van der Waals surface area contributed by atoms with Crippen molar-refractivity contribution < 1.29 is 23.7 Å². The molecule has 33 heavy (non-hydrogen) atoms. The summed E-state index contributed by atoms with van der Waals surface area (Å²) < 4.78 is 22.3. The summed E-state index contributed by atoms with van der Waals surface area (Å²) in [4.78, 5) is 20.3. The highest BCUT2D eigenvalue weighted by Gasteiger charge is 2.21. The monoisotopic (exact) mass is 513 g/mol. The van der Waals surface area contributed by atoms with E-state index in [4.69, 9.17) is 42.1 Å². The first-order chi connectivity index (χ1) is 15.4. The fraction of sp³-hybridized carbons (Fsp3) is 0.318. The molecule has 11 heteroatoms. The maximum atomic E-state index is 11.5. The summed E-state index contributed by atoms with van der Waals surface area (Å²) in [6, 6.07) is 6.60. The molecule has 4 rings (SSSR count). The number of methoxy groups -OCH3 is 1. The minimum Gasteiger partial charge on any atom is -0.495 e. The number of carbonyl (C=O) groups excluding carboxylic acids is 1. The second-order valence-corrected chi connectivity index (χ2v) is 7.97. The molecule has 1 aromatic heterocycles. The van der Waals surface area contributed by atoms with Crippen molar-refractivity contribution in [2.75, 3.05) is 25.6 Å². The molecule has 1 aliphatic heterocycles. The highest BCUT2D eigenvalue weighted by atomic mass is 35.5. The van der Waals surface area contributed by atoms with Gasteiger partial charge in [-0.15, -0.1) is 12.4 Å². The van der Waals surface area contributed by atoms with Crippen molar-refractivity contribution in [3.63, 3.8) is 0 Å². The minimum absolute atomic E-state index is 0. The zero-order valence-corrected chi connectivity index (χ0v) is 20.2. The van der Waals surface area contributed by atoms with Crippen LogP contribution in [-0.4, -0.2) is 42.4 Å². The SMILES string of the molecule is COc1cc(Nc2ncnc3cc(OC(C)=O)cc(OC4CCOCC4)c23)c(Cl)cc1Cl.Cl. The fourth-order valence-electron chi connectivity index (χ4n) is 3.42. The molecule has 0 aliphatic carbocycles. The zero-order chi connectivity index (χ0) is 22.7. The number of anilines is 2. The maximum Gasteiger partial charge on any atom is 0.308 e. The molecule has 0 radical (unpaired) electrons. The number of carbonyl (C=O) groups is 1. The summed E-state index contributed by atoms with van der Waals surface area (Å²) in [6.07, 6.45) is 2.85. The van der Waals surface area contributed by atoms with E-state index in [0.717, 1.165) is 12.8 Å². The second-order valence-electron chi connectivity index (χ2n) is 7.15. The van der Waals surface area contributed by atoms with Crippen LogP contribution in [0.2, 0.25) is 10.0 Å². The van der Waals surface area contributed by atoms with Crippen LogP contribution in [0.25, 0.3) is 10.9 Å². The number of halogens is 3. The van der Waals surface area contributed by atoms with Crippen LogP contribution in [0.5, 0.6) is 17.2 Å². The number of rotatable bonds is 6. The highest BCUT2D eigenvalue weighted by molar-refractivity contribution is 6.37. The van der Waals surface area contributed by atoms with E-state index in [1.807, 2.05) is 0 Å². The van der Waals surface area contributed by atoms with Crippen molar-refractivity contribution in [2.24, 2.45) is 0 Å². The molecule has 2 aromatic carbocycles. The quantitative estimate of drug-likeness (QED) is 0.336. The lowest BCUT2D eigenvalue weighted by atomic mass is 10.1. The molecule has 3 aromatic rings. The molecule has 0 saturated carbocycles. The summed E-state index contributed by atoms with van der Waals surface area (Å²) in [5.74, 6) is 1.33. The molecule has 1 N–H and O–H groups in total. The standard InChI is InChI=1S/C22H21Cl2N3O5.ClH/c1-12(28)31-14-7-18-21(20(8-14)32-13-3-5-30-6-4-13)22(26-11-25-18)27-17-10-19(29-2)16(24)9-15(17)23;/h7-11,13H,3-6H2,1-2H3,(H,25,26,27);1H. The van der Waals surface area contributed by atoms with Gasteiger partial charge in [-0.05, 0) is 6.07 Å². The number of ether oxygens (including phenoxy) is 4. The third kappa shape index (κ3) is 5.89. The van der Waals surface area contributed by atoms with Gasteiger partial charge < -0.3 is 24.3 Å². The number of hydrogen-bond donors (Lipinski definition) is 1. The molecule has 2 heterocycles. The lowest BCUT2D eigenvalue weighted by Gasteiger charge is -2.24. The van der Waals surface area contributed by atoms with Crippen molar-refractivity contribution >= 4 is 64.0 Å². The Hall–Kier alpha value is -2.52. The average molecular weight is 515 g/mol. The van der Waals surface area contributed by atoms with Gasteiger partial charge in [0, 0.05) is 38.0 Å². The van der Waals surface area contributed by atoms with Crippen LogP contribution < -0.4 is 19.5 Å². The lowest BCUT2D eigenvalue weighted by molar-refractivity contribution is -0.131. The number of nitrogens with zero attached hydrogens (tertiary/aromatic N) is 2. The van der Waals surface area contributed by atoms with Gasteiger partial charge in [0.05, 0.1) is 47.0 Å². The molecule has 1 fully saturated rings. The van der Waals surface area contributed by atoms with Gasteiger partial charge in [0.25, 0.3) is 0 Å². The Balaban J connectivity index is 0.00000306. The van der Waals surface area contributed by atoms with E-state index in [1.54, 1.807) is 24.3 Å². The first-order valence-corrected chi connectivity index (χ1v) is 10.7. The Morgan fingerprint density at radius 1 is 1.09 bits per heavy atom. The molecule has 0 unspecified atom stereocenters. The van der Waals surface area contributed by atoms with Crippen LogP contribution >= 0.6 is 35.6 Å². The van der Waals surface area contributed by atoms with Crippen LogP contribution in [0.1, 0.15) is 19.8 Å². The van der Waals surface area contributed by atoms with Crippen LogP contribution in [0.15, 0.2) is 30.6 Å². The number of hydrogen-bond acceptors (Lipinski definition) is 8. The van der Waals surface area contributed by atoms with Gasteiger partial charge in [-0.1, -0.05) is 23.2 Å². The highest BCUT2D eigenvalue weighted by Crippen LogP contribution is 2.40. The summed E-state index contributed by atoms with van der Waals surface area (Å²) in [5, 5.41) is 4.63. The molecular formula is C22H22Cl3N3O5. The van der Waals surface area contributed by atoms with Crippen LogP contribution in [0.3, 0.4) is 0 Å². The first kappa shape index (κ1) is 25.1. The van der Waals surface area contributed by atoms with E-state index in [0.29, 0.717) is 62.9 Å². The number of esters is 1. The Bertz CT molecular complexity index is 1160. The minimum atomic E-state index is -0.436. The van der Waals surface area contributed by atoms with Crippen molar-refractivity contribution in [1.29, 1.82) is 0 Å². The van der Waals surface area contributed by atoms with E-state index >= 15 is 0 Å². The molecule has 0 spiro atoms. The third-order valence-corrected chi connectivity index (χ3v) is 5.50. The van der Waals surface area contributed by atoms with Gasteiger partial charge in [-0.2, -0.15) is 0 Å². The number of nitrogens with one attached hydrogen (secondary N) is 1. The van der Waals surface area contributed by atoms with Crippen LogP contribution in [0.4, 0.5) is 11.5 Å².